The van der Waals surface area contributed by atoms with Gasteiger partial charge in [0.15, 0.2) is 0 Å². The predicted octanol–water partition coefficient (Wildman–Crippen LogP) is 3.44. The third-order valence-corrected chi connectivity index (χ3v) is 6.99. The highest BCUT2D eigenvalue weighted by atomic mass is 19.1. The predicted molar refractivity (Wildman–Crippen MR) is 129 cm³/mol. The largest absolute Gasteiger partial charge is 0.395 e. The van der Waals surface area contributed by atoms with Crippen LogP contribution in [-0.2, 0) is 6.54 Å². The summed E-state index contributed by atoms with van der Waals surface area (Å²) in [4.78, 5) is 13.3. The van der Waals surface area contributed by atoms with E-state index in [0.29, 0.717) is 11.6 Å². The molecule has 2 aliphatic rings. The maximum atomic E-state index is 13.8. The molecule has 0 radical (unpaired) electrons. The van der Waals surface area contributed by atoms with Crippen LogP contribution in [0.3, 0.4) is 0 Å². The summed E-state index contributed by atoms with van der Waals surface area (Å²) in [5, 5.41) is 10.2. The lowest BCUT2D eigenvalue weighted by Crippen LogP contribution is -2.67. The lowest BCUT2D eigenvalue weighted by atomic mass is 9.74. The summed E-state index contributed by atoms with van der Waals surface area (Å²) in [7, 11) is 0. The molecule has 2 aromatic carbocycles. The number of rotatable bonds is 4. The van der Waals surface area contributed by atoms with Crippen LogP contribution in [-0.4, -0.2) is 63.2 Å². The lowest BCUT2D eigenvalue weighted by molar-refractivity contribution is -0.0655. The van der Waals surface area contributed by atoms with Crippen LogP contribution in [0, 0.1) is 17.7 Å². The molecule has 2 fully saturated rings. The third-order valence-electron chi connectivity index (χ3n) is 6.99. The van der Waals surface area contributed by atoms with Crippen LogP contribution in [0.5, 0.6) is 0 Å². The van der Waals surface area contributed by atoms with Crippen molar-refractivity contribution in [3.05, 3.63) is 95.3 Å². The first kappa shape index (κ1) is 22.7. The maximum absolute atomic E-state index is 13.8. The molecule has 1 N–H and O–H groups in total. The molecule has 5 nitrogen and oxygen atoms in total. The first-order chi connectivity index (χ1) is 16.7. The van der Waals surface area contributed by atoms with Gasteiger partial charge in [-0.1, -0.05) is 36.1 Å². The first-order valence-electron chi connectivity index (χ1n) is 11.9. The molecular weight excluding hydrogens is 427 g/mol. The van der Waals surface area contributed by atoms with Crippen LogP contribution in [0.15, 0.2) is 67.3 Å². The van der Waals surface area contributed by atoms with Gasteiger partial charge in [-0.15, -0.1) is 0 Å². The molecule has 34 heavy (non-hydrogen) atoms. The van der Waals surface area contributed by atoms with Gasteiger partial charge in [0.05, 0.1) is 12.2 Å². The van der Waals surface area contributed by atoms with Gasteiger partial charge in [-0.25, -0.2) is 14.4 Å². The van der Waals surface area contributed by atoms with Gasteiger partial charge in [0.25, 0.3) is 0 Å². The van der Waals surface area contributed by atoms with Gasteiger partial charge in [-0.2, -0.15) is 0 Å². The fourth-order valence-electron chi connectivity index (χ4n) is 5.32. The standard InChI is InChI=1S/C28H29FN4O/c29-25-6-2-1-5-23(25)10-7-21-8-11-24(12-9-21)28-26-18-32(17-22-15-30-20-31-16-22)13-3-4-14-33(26)27(28)19-34/h1-2,5-6,8-9,11-12,15-16,20,26-28,34H,3-4,13-14,17-19H2/t26-,27-,28-/m0/s1. The average Bonchev–Trinajstić information content (AvgIpc) is 2.85. The summed E-state index contributed by atoms with van der Waals surface area (Å²) in [6, 6.07) is 15.3. The Labute approximate surface area is 200 Å². The molecular formula is C28H29FN4O. The number of aliphatic hydroxyl groups excluding tert-OH is 1. The van der Waals surface area contributed by atoms with E-state index in [1.165, 1.54) is 11.6 Å². The fraction of sp³-hybridized carbons (Fsp3) is 0.357. The summed E-state index contributed by atoms with van der Waals surface area (Å²) >= 11 is 0. The van der Waals surface area contributed by atoms with E-state index in [4.69, 9.17) is 0 Å². The van der Waals surface area contributed by atoms with Gasteiger partial charge < -0.3 is 5.11 Å². The third kappa shape index (κ3) is 4.88. The van der Waals surface area contributed by atoms with Crippen LogP contribution in [0.1, 0.15) is 41.0 Å². The molecule has 2 saturated heterocycles. The molecule has 0 unspecified atom stereocenters. The SMILES string of the molecule is OC[C@H]1[C@@H](c2ccc(C#Cc3ccccc3F)cc2)[C@@H]2CN(Cc3cncnc3)CCCCN12. The second-order valence-corrected chi connectivity index (χ2v) is 9.12. The van der Waals surface area contributed by atoms with E-state index in [1.54, 1.807) is 24.5 Å². The van der Waals surface area contributed by atoms with E-state index < -0.39 is 0 Å². The highest BCUT2D eigenvalue weighted by Gasteiger charge is 2.48. The zero-order chi connectivity index (χ0) is 23.3. The normalized spacial score (nSPS) is 23.1. The Hall–Kier alpha value is -3.11. The molecule has 6 heteroatoms. The number of nitrogens with zero attached hydrogens (tertiary/aromatic N) is 4. The Morgan fingerprint density at radius 1 is 0.971 bits per heavy atom. The van der Waals surface area contributed by atoms with Crippen molar-refractivity contribution in [2.75, 3.05) is 26.2 Å². The van der Waals surface area contributed by atoms with E-state index in [0.717, 1.165) is 50.1 Å². The van der Waals surface area contributed by atoms with E-state index in [9.17, 15) is 9.50 Å². The number of aromatic nitrogens is 2. The molecule has 3 atom stereocenters. The molecule has 0 saturated carbocycles. The number of halogens is 1. The minimum Gasteiger partial charge on any atom is -0.395 e. The first-order valence-corrected chi connectivity index (χ1v) is 11.9. The molecule has 5 rings (SSSR count). The minimum absolute atomic E-state index is 0.139. The van der Waals surface area contributed by atoms with Crippen LogP contribution in [0.25, 0.3) is 0 Å². The monoisotopic (exact) mass is 456 g/mol. The van der Waals surface area contributed by atoms with Gasteiger partial charge in [0.1, 0.15) is 12.1 Å². The van der Waals surface area contributed by atoms with Crippen molar-refractivity contribution in [1.29, 1.82) is 0 Å². The lowest BCUT2D eigenvalue weighted by Gasteiger charge is -2.57. The highest BCUT2D eigenvalue weighted by molar-refractivity contribution is 5.44. The topological polar surface area (TPSA) is 52.5 Å². The molecule has 0 aliphatic carbocycles. The van der Waals surface area contributed by atoms with Gasteiger partial charge >= 0.3 is 0 Å². The van der Waals surface area contributed by atoms with E-state index in [-0.39, 0.29) is 24.4 Å². The van der Waals surface area contributed by atoms with E-state index in [1.807, 2.05) is 24.5 Å². The zero-order valence-corrected chi connectivity index (χ0v) is 19.1. The summed E-state index contributed by atoms with van der Waals surface area (Å²) in [6.45, 7) is 4.03. The van der Waals surface area contributed by atoms with Crippen molar-refractivity contribution < 1.29 is 9.50 Å². The van der Waals surface area contributed by atoms with Crippen molar-refractivity contribution >= 4 is 0 Å². The maximum Gasteiger partial charge on any atom is 0.138 e. The number of hydrogen-bond acceptors (Lipinski definition) is 5. The summed E-state index contributed by atoms with van der Waals surface area (Å²) in [5.41, 5.74) is 3.61. The van der Waals surface area contributed by atoms with Gasteiger partial charge in [-0.05, 0) is 55.8 Å². The quantitative estimate of drug-likeness (QED) is 0.610. The van der Waals surface area contributed by atoms with E-state index in [2.05, 4.69) is 43.7 Å². The number of aliphatic hydroxyl groups is 1. The fourth-order valence-corrected chi connectivity index (χ4v) is 5.32. The molecule has 1 aromatic heterocycles. The molecule has 174 valence electrons. The Morgan fingerprint density at radius 3 is 2.50 bits per heavy atom. The molecule has 0 spiro atoms. The summed E-state index contributed by atoms with van der Waals surface area (Å²) in [6.07, 6.45) is 7.62. The van der Waals surface area contributed by atoms with Crippen LogP contribution in [0.2, 0.25) is 0 Å². The molecule has 0 bridgehead atoms. The van der Waals surface area contributed by atoms with Crippen LogP contribution < -0.4 is 0 Å². The Balaban J connectivity index is 1.33. The molecule has 3 aromatic rings. The summed E-state index contributed by atoms with van der Waals surface area (Å²) in [5.74, 6) is 5.96. The number of benzene rings is 2. The average molecular weight is 457 g/mol. The molecule has 0 amide bonds. The Bertz CT molecular complexity index is 1160. The molecule has 2 aliphatic heterocycles. The van der Waals surface area contributed by atoms with Crippen LogP contribution in [0.4, 0.5) is 4.39 Å². The van der Waals surface area contributed by atoms with E-state index >= 15 is 0 Å². The second kappa shape index (κ2) is 10.4. The number of fused-ring (bicyclic) bond motifs is 1. The van der Waals surface area contributed by atoms with Crippen molar-refractivity contribution in [3.63, 3.8) is 0 Å². The second-order valence-electron chi connectivity index (χ2n) is 9.12. The summed E-state index contributed by atoms with van der Waals surface area (Å²) < 4.78 is 13.8. The van der Waals surface area contributed by atoms with Crippen molar-refractivity contribution in [1.82, 2.24) is 19.8 Å². The van der Waals surface area contributed by atoms with Crippen molar-refractivity contribution in [2.24, 2.45) is 0 Å². The Morgan fingerprint density at radius 2 is 1.74 bits per heavy atom. The van der Waals surface area contributed by atoms with Gasteiger partial charge in [0, 0.05) is 54.6 Å². The smallest absolute Gasteiger partial charge is 0.138 e. The van der Waals surface area contributed by atoms with Crippen molar-refractivity contribution in [2.45, 2.75) is 37.4 Å². The van der Waals surface area contributed by atoms with Gasteiger partial charge in [0.2, 0.25) is 0 Å². The minimum atomic E-state index is -0.303. The van der Waals surface area contributed by atoms with Crippen molar-refractivity contribution in [3.8, 4) is 11.8 Å². The highest BCUT2D eigenvalue weighted by Crippen LogP contribution is 2.42. The molecule has 3 heterocycles. The van der Waals surface area contributed by atoms with Crippen LogP contribution >= 0.6 is 0 Å². The number of hydrogen-bond donors (Lipinski definition) is 1. The van der Waals surface area contributed by atoms with Gasteiger partial charge in [-0.3, -0.25) is 9.80 Å². The zero-order valence-electron chi connectivity index (χ0n) is 19.1. The Kier molecular flexibility index (Phi) is 6.96.